The van der Waals surface area contributed by atoms with Crippen molar-refractivity contribution in [2.24, 2.45) is 0 Å². The Morgan fingerprint density at radius 1 is 0.897 bits per heavy atom. The van der Waals surface area contributed by atoms with Crippen LogP contribution in [0.25, 0.3) is 33.2 Å². The Bertz CT molecular complexity index is 1200. The summed E-state index contributed by atoms with van der Waals surface area (Å²) < 4.78 is 47.2. The van der Waals surface area contributed by atoms with Crippen LogP contribution in [0, 0.1) is 0 Å². The topological polar surface area (TPSA) is 51.1 Å². The molecule has 29 heavy (non-hydrogen) atoms. The molecule has 8 heteroatoms. The third-order valence-corrected chi connectivity index (χ3v) is 4.56. The average Bonchev–Trinajstić information content (AvgIpc) is 2.71. The highest BCUT2D eigenvalue weighted by atomic mass is 19.4. The zero-order valence-corrected chi connectivity index (χ0v) is 15.9. The van der Waals surface area contributed by atoms with Crippen molar-refractivity contribution in [2.45, 2.75) is 6.18 Å². The Balaban J connectivity index is 2.14. The lowest BCUT2D eigenvalue weighted by Gasteiger charge is -2.19. The molecule has 0 unspecified atom stereocenters. The highest BCUT2D eigenvalue weighted by Crippen LogP contribution is 2.40. The van der Waals surface area contributed by atoms with Crippen LogP contribution < -0.4 is 9.64 Å². The van der Waals surface area contributed by atoms with Gasteiger partial charge in [0.25, 0.3) is 0 Å². The summed E-state index contributed by atoms with van der Waals surface area (Å²) in [4.78, 5) is 14.4. The molecule has 2 aromatic heterocycles. The second kappa shape index (κ2) is 6.88. The molecule has 0 aliphatic heterocycles. The first-order chi connectivity index (χ1) is 13.8. The summed E-state index contributed by atoms with van der Waals surface area (Å²) in [7, 11) is 4.81. The molecule has 4 aromatic rings. The number of pyridine rings is 1. The van der Waals surface area contributed by atoms with Gasteiger partial charge in [-0.15, -0.1) is 0 Å². The minimum atomic E-state index is -4.67. The van der Waals surface area contributed by atoms with E-state index in [1.165, 1.54) is 7.11 Å². The van der Waals surface area contributed by atoms with Gasteiger partial charge in [-0.3, -0.25) is 0 Å². The zero-order chi connectivity index (χ0) is 20.8. The molecule has 0 N–H and O–H groups in total. The van der Waals surface area contributed by atoms with E-state index in [0.29, 0.717) is 22.2 Å². The van der Waals surface area contributed by atoms with Gasteiger partial charge in [-0.1, -0.05) is 18.2 Å². The van der Waals surface area contributed by atoms with Crippen molar-refractivity contribution in [2.75, 3.05) is 26.1 Å². The maximum absolute atomic E-state index is 14.0. The lowest BCUT2D eigenvalue weighted by atomic mass is 10.1. The molecule has 148 valence electrons. The summed E-state index contributed by atoms with van der Waals surface area (Å²) in [6, 6.07) is 13.6. The SMILES string of the molecule is COc1ccc(-c2nc(C(F)(F)F)c3c(N(C)C)nc4ccccc4c3n2)cc1. The van der Waals surface area contributed by atoms with E-state index >= 15 is 0 Å². The van der Waals surface area contributed by atoms with Crippen LogP contribution in [0.15, 0.2) is 48.5 Å². The average molecular weight is 398 g/mol. The van der Waals surface area contributed by atoms with Gasteiger partial charge < -0.3 is 9.64 Å². The number of fused-ring (bicyclic) bond motifs is 3. The molecule has 0 bridgehead atoms. The van der Waals surface area contributed by atoms with Gasteiger partial charge in [-0.05, 0) is 30.3 Å². The fourth-order valence-electron chi connectivity index (χ4n) is 3.21. The number of ether oxygens (including phenoxy) is 1. The first-order valence-corrected chi connectivity index (χ1v) is 8.79. The molecule has 0 amide bonds. The minimum absolute atomic E-state index is 0.00598. The number of methoxy groups -OCH3 is 1. The lowest BCUT2D eigenvalue weighted by molar-refractivity contribution is -0.139. The van der Waals surface area contributed by atoms with Gasteiger partial charge in [0.2, 0.25) is 0 Å². The van der Waals surface area contributed by atoms with Crippen LogP contribution in [-0.2, 0) is 6.18 Å². The summed E-state index contributed by atoms with van der Waals surface area (Å²) >= 11 is 0. The van der Waals surface area contributed by atoms with Crippen LogP contribution in [-0.4, -0.2) is 36.2 Å². The van der Waals surface area contributed by atoms with Crippen molar-refractivity contribution >= 4 is 27.6 Å². The maximum Gasteiger partial charge on any atom is 0.434 e. The lowest BCUT2D eigenvalue weighted by Crippen LogP contribution is -2.17. The third-order valence-electron chi connectivity index (χ3n) is 4.56. The molecular weight excluding hydrogens is 381 g/mol. The molecule has 0 aliphatic rings. The molecule has 2 heterocycles. The summed E-state index contributed by atoms with van der Waals surface area (Å²) in [6.45, 7) is 0. The van der Waals surface area contributed by atoms with Crippen LogP contribution in [0.4, 0.5) is 19.0 Å². The molecule has 0 atom stereocenters. The Morgan fingerprint density at radius 2 is 1.59 bits per heavy atom. The van der Waals surface area contributed by atoms with E-state index < -0.39 is 11.9 Å². The van der Waals surface area contributed by atoms with Gasteiger partial charge in [0.05, 0.1) is 23.5 Å². The Labute approximate surface area is 164 Å². The second-order valence-electron chi connectivity index (χ2n) is 6.69. The van der Waals surface area contributed by atoms with Crippen molar-refractivity contribution in [1.29, 1.82) is 0 Å². The fraction of sp³-hybridized carbons (Fsp3) is 0.190. The molecule has 5 nitrogen and oxygen atoms in total. The van der Waals surface area contributed by atoms with E-state index in [4.69, 9.17) is 4.74 Å². The monoisotopic (exact) mass is 398 g/mol. The highest BCUT2D eigenvalue weighted by Gasteiger charge is 2.37. The van der Waals surface area contributed by atoms with Crippen LogP contribution in [0.2, 0.25) is 0 Å². The molecule has 0 radical (unpaired) electrons. The number of aromatic nitrogens is 3. The summed E-state index contributed by atoms with van der Waals surface area (Å²) in [5.74, 6) is 0.760. The number of alkyl halides is 3. The Morgan fingerprint density at radius 3 is 2.21 bits per heavy atom. The van der Waals surface area contributed by atoms with E-state index in [1.54, 1.807) is 67.5 Å². The third kappa shape index (κ3) is 3.30. The maximum atomic E-state index is 14.0. The normalized spacial score (nSPS) is 11.8. The molecule has 0 saturated heterocycles. The predicted molar refractivity (Wildman–Crippen MR) is 106 cm³/mol. The molecular formula is C21H17F3N4O. The van der Waals surface area contributed by atoms with Gasteiger partial charge in [-0.2, -0.15) is 13.2 Å². The van der Waals surface area contributed by atoms with E-state index in [1.807, 2.05) is 0 Å². The number of anilines is 1. The summed E-state index contributed by atoms with van der Waals surface area (Å²) in [5.41, 5.74) is 0.240. The minimum Gasteiger partial charge on any atom is -0.497 e. The first-order valence-electron chi connectivity index (χ1n) is 8.79. The summed E-state index contributed by atoms with van der Waals surface area (Å²) in [6.07, 6.45) is -4.67. The van der Waals surface area contributed by atoms with Crippen molar-refractivity contribution in [3.63, 3.8) is 0 Å². The van der Waals surface area contributed by atoms with E-state index in [0.717, 1.165) is 0 Å². The highest BCUT2D eigenvalue weighted by molar-refractivity contribution is 6.09. The molecule has 0 saturated carbocycles. The van der Waals surface area contributed by atoms with E-state index in [2.05, 4.69) is 15.0 Å². The second-order valence-corrected chi connectivity index (χ2v) is 6.69. The Kier molecular flexibility index (Phi) is 4.49. The van der Waals surface area contributed by atoms with Crippen LogP contribution in [0.5, 0.6) is 5.75 Å². The number of hydrogen-bond acceptors (Lipinski definition) is 5. The van der Waals surface area contributed by atoms with Crippen molar-refractivity contribution in [1.82, 2.24) is 15.0 Å². The fourth-order valence-corrected chi connectivity index (χ4v) is 3.21. The van der Waals surface area contributed by atoms with Gasteiger partial charge in [0, 0.05) is 25.0 Å². The summed E-state index contributed by atoms with van der Waals surface area (Å²) in [5, 5.41) is 0.425. The van der Waals surface area contributed by atoms with E-state index in [-0.39, 0.29) is 22.5 Å². The van der Waals surface area contributed by atoms with E-state index in [9.17, 15) is 13.2 Å². The standard InChI is InChI=1S/C21H17F3N4O/c1-28(2)20-16-17(14-6-4-5-7-15(14)25-20)26-19(27-18(16)21(22,23)24)12-8-10-13(29-3)11-9-12/h4-11H,1-3H3. The molecule has 4 rings (SSSR count). The number of nitrogens with zero attached hydrogens (tertiary/aromatic N) is 4. The molecule has 0 spiro atoms. The quantitative estimate of drug-likeness (QED) is 0.458. The zero-order valence-electron chi connectivity index (χ0n) is 15.9. The largest absolute Gasteiger partial charge is 0.497 e. The van der Waals surface area contributed by atoms with Crippen LogP contribution >= 0.6 is 0 Å². The van der Waals surface area contributed by atoms with Crippen molar-refractivity contribution < 1.29 is 17.9 Å². The number of rotatable bonds is 3. The number of hydrogen-bond donors (Lipinski definition) is 0. The first kappa shape index (κ1) is 18.9. The van der Waals surface area contributed by atoms with Gasteiger partial charge in [-0.25, -0.2) is 15.0 Å². The number of halogens is 3. The molecule has 0 fully saturated rings. The van der Waals surface area contributed by atoms with Gasteiger partial charge >= 0.3 is 6.18 Å². The number of benzene rings is 2. The van der Waals surface area contributed by atoms with Gasteiger partial charge in [0.15, 0.2) is 11.5 Å². The Hall–Kier alpha value is -3.42. The smallest absolute Gasteiger partial charge is 0.434 e. The van der Waals surface area contributed by atoms with Crippen LogP contribution in [0.3, 0.4) is 0 Å². The van der Waals surface area contributed by atoms with Crippen LogP contribution in [0.1, 0.15) is 5.69 Å². The van der Waals surface area contributed by atoms with Crippen molar-refractivity contribution in [3.8, 4) is 17.1 Å². The molecule has 0 aliphatic carbocycles. The van der Waals surface area contributed by atoms with Gasteiger partial charge in [0.1, 0.15) is 11.6 Å². The molecule has 2 aromatic carbocycles. The van der Waals surface area contributed by atoms with Crippen molar-refractivity contribution in [3.05, 3.63) is 54.2 Å². The predicted octanol–water partition coefficient (Wildman–Crippen LogP) is 4.94. The number of para-hydroxylation sites is 1.